The van der Waals surface area contributed by atoms with Crippen LogP contribution >= 0.6 is 24.0 Å². The van der Waals surface area contributed by atoms with Crippen molar-refractivity contribution in [3.8, 4) is 5.75 Å². The number of nitrogens with zero attached hydrogens (tertiary/aromatic N) is 1. The third-order valence-corrected chi connectivity index (χ3v) is 4.26. The van der Waals surface area contributed by atoms with E-state index >= 15 is 0 Å². The molecule has 152 valence electrons. The van der Waals surface area contributed by atoms with Gasteiger partial charge in [0.15, 0.2) is 5.96 Å². The van der Waals surface area contributed by atoms with E-state index in [-0.39, 0.29) is 41.2 Å². The molecule has 1 aromatic rings. The van der Waals surface area contributed by atoms with Gasteiger partial charge in [-0.2, -0.15) is 0 Å². The molecular weight excluding hydrogens is 459 g/mol. The quantitative estimate of drug-likeness (QED) is 0.194. The lowest BCUT2D eigenvalue weighted by atomic mass is 10.0. The number of halogens is 1. The van der Waals surface area contributed by atoms with Gasteiger partial charge in [-0.25, -0.2) is 0 Å². The third-order valence-electron chi connectivity index (χ3n) is 4.26. The maximum Gasteiger partial charge on any atom is 0.251 e. The van der Waals surface area contributed by atoms with Crippen molar-refractivity contribution in [3.05, 3.63) is 29.8 Å². The second-order valence-electron chi connectivity index (χ2n) is 6.68. The monoisotopic (exact) mass is 490 g/mol. The number of phenolic OH excluding ortho intramolecular Hbond substituents is 1. The Kier molecular flexibility index (Phi) is 10.5. The first-order valence-electron chi connectivity index (χ1n) is 9.26. The van der Waals surface area contributed by atoms with Gasteiger partial charge in [0.2, 0.25) is 0 Å². The first kappa shape index (κ1) is 23.5. The van der Waals surface area contributed by atoms with Crippen LogP contribution in [0, 0.1) is 0 Å². The number of nitrogens with one attached hydrogen (secondary N) is 3. The highest BCUT2D eigenvalue weighted by Gasteiger charge is 2.29. The lowest BCUT2D eigenvalue weighted by molar-refractivity contribution is 0.0283. The van der Waals surface area contributed by atoms with Crippen LogP contribution in [0.1, 0.15) is 43.5 Å². The Morgan fingerprint density at radius 3 is 2.74 bits per heavy atom. The van der Waals surface area contributed by atoms with E-state index in [0.29, 0.717) is 25.2 Å². The molecular formula is C19H31IN4O3. The van der Waals surface area contributed by atoms with Gasteiger partial charge in [-0.05, 0) is 51.3 Å². The van der Waals surface area contributed by atoms with Crippen molar-refractivity contribution >= 4 is 35.8 Å². The van der Waals surface area contributed by atoms with E-state index in [1.54, 1.807) is 18.2 Å². The van der Waals surface area contributed by atoms with Gasteiger partial charge in [0.1, 0.15) is 5.75 Å². The number of phenols is 1. The maximum atomic E-state index is 12.0. The average molecular weight is 490 g/mol. The molecule has 1 amide bonds. The molecule has 1 aromatic carbocycles. The molecule has 1 aliphatic rings. The Labute approximate surface area is 178 Å². The fraction of sp³-hybridized carbons (Fsp3) is 0.579. The summed E-state index contributed by atoms with van der Waals surface area (Å²) < 4.78 is 5.76. The van der Waals surface area contributed by atoms with E-state index in [1.807, 2.05) is 6.92 Å². The lowest BCUT2D eigenvalue weighted by Crippen LogP contribution is -2.40. The van der Waals surface area contributed by atoms with Crippen LogP contribution in [0.3, 0.4) is 0 Å². The molecule has 0 bridgehead atoms. The minimum Gasteiger partial charge on any atom is -0.508 e. The number of amides is 1. The highest BCUT2D eigenvalue weighted by atomic mass is 127. The van der Waals surface area contributed by atoms with Crippen LogP contribution in [0.15, 0.2) is 29.3 Å². The minimum atomic E-state index is -0.187. The zero-order chi connectivity index (χ0) is 18.8. The van der Waals surface area contributed by atoms with Gasteiger partial charge in [-0.3, -0.25) is 9.79 Å². The minimum absolute atomic E-state index is 0. The number of carbonyl (C=O) groups is 1. The standard InChI is InChI=1S/C19H30N4O3.HI/c1-3-20-18(23-14-19(2)9-5-12-26-19)22-11-6-10-21-17(25)15-7-4-8-16(24)13-15;/h4,7-8,13,24H,3,5-6,9-12,14H2,1-2H3,(H,21,25)(H2,20,22,23);1H. The van der Waals surface area contributed by atoms with Gasteiger partial charge >= 0.3 is 0 Å². The summed E-state index contributed by atoms with van der Waals surface area (Å²) in [6, 6.07) is 6.32. The molecule has 1 unspecified atom stereocenters. The number of rotatable bonds is 8. The van der Waals surface area contributed by atoms with Gasteiger partial charge < -0.3 is 25.8 Å². The molecule has 1 aliphatic heterocycles. The number of ether oxygens (including phenoxy) is 1. The van der Waals surface area contributed by atoms with Crippen molar-refractivity contribution in [1.82, 2.24) is 16.0 Å². The predicted octanol–water partition coefficient (Wildman–Crippen LogP) is 2.25. The smallest absolute Gasteiger partial charge is 0.251 e. The van der Waals surface area contributed by atoms with E-state index in [4.69, 9.17) is 4.74 Å². The van der Waals surface area contributed by atoms with Gasteiger partial charge in [0.05, 0.1) is 12.1 Å². The summed E-state index contributed by atoms with van der Waals surface area (Å²) in [5.41, 5.74) is 0.301. The molecule has 8 heteroatoms. The number of aliphatic imine (C=N–C) groups is 1. The second-order valence-corrected chi connectivity index (χ2v) is 6.68. The molecule has 2 rings (SSSR count). The molecule has 1 heterocycles. The van der Waals surface area contributed by atoms with Gasteiger partial charge in [-0.1, -0.05) is 6.07 Å². The number of carbonyl (C=O) groups excluding carboxylic acids is 1. The zero-order valence-electron chi connectivity index (χ0n) is 16.1. The Bertz CT molecular complexity index is 619. The number of guanidine groups is 1. The van der Waals surface area contributed by atoms with E-state index in [1.165, 1.54) is 6.07 Å². The highest BCUT2D eigenvalue weighted by molar-refractivity contribution is 14.0. The fourth-order valence-corrected chi connectivity index (χ4v) is 2.80. The summed E-state index contributed by atoms with van der Waals surface area (Å²) in [6.07, 6.45) is 2.90. The summed E-state index contributed by atoms with van der Waals surface area (Å²) in [5.74, 6) is 0.669. The summed E-state index contributed by atoms with van der Waals surface area (Å²) in [4.78, 5) is 16.6. The van der Waals surface area contributed by atoms with Gasteiger partial charge in [-0.15, -0.1) is 24.0 Å². The number of hydrogen-bond acceptors (Lipinski definition) is 4. The number of aromatic hydroxyl groups is 1. The Morgan fingerprint density at radius 2 is 2.07 bits per heavy atom. The first-order valence-corrected chi connectivity index (χ1v) is 9.26. The average Bonchev–Trinajstić information content (AvgIpc) is 3.06. The largest absolute Gasteiger partial charge is 0.508 e. The van der Waals surface area contributed by atoms with Crippen LogP contribution in [0.4, 0.5) is 0 Å². The second kappa shape index (κ2) is 12.0. The Hall–Kier alpha value is -1.55. The Balaban J connectivity index is 0.00000364. The predicted molar refractivity (Wildman–Crippen MR) is 118 cm³/mol. The third kappa shape index (κ3) is 8.34. The number of benzene rings is 1. The molecule has 0 spiro atoms. The molecule has 1 fully saturated rings. The summed E-state index contributed by atoms with van der Waals surface area (Å²) >= 11 is 0. The number of hydrogen-bond donors (Lipinski definition) is 4. The molecule has 1 saturated heterocycles. The molecule has 0 saturated carbocycles. The topological polar surface area (TPSA) is 95.0 Å². The van der Waals surface area contributed by atoms with E-state index < -0.39 is 0 Å². The molecule has 7 nitrogen and oxygen atoms in total. The van der Waals surface area contributed by atoms with Crippen LogP contribution in [0.2, 0.25) is 0 Å². The van der Waals surface area contributed by atoms with Crippen molar-refractivity contribution in [1.29, 1.82) is 0 Å². The van der Waals surface area contributed by atoms with Gasteiger partial charge in [0.25, 0.3) is 5.91 Å². The van der Waals surface area contributed by atoms with E-state index in [0.717, 1.165) is 38.4 Å². The lowest BCUT2D eigenvalue weighted by Gasteiger charge is -2.21. The molecule has 0 aliphatic carbocycles. The summed E-state index contributed by atoms with van der Waals surface area (Å²) in [6.45, 7) is 7.61. The van der Waals surface area contributed by atoms with Crippen LogP contribution in [-0.4, -0.2) is 55.4 Å². The maximum absolute atomic E-state index is 12.0. The van der Waals surface area contributed by atoms with Crippen LogP contribution in [-0.2, 0) is 4.74 Å². The molecule has 0 radical (unpaired) electrons. The first-order chi connectivity index (χ1) is 12.5. The van der Waals surface area contributed by atoms with E-state index in [9.17, 15) is 9.90 Å². The summed E-state index contributed by atoms with van der Waals surface area (Å²) in [5, 5.41) is 18.8. The van der Waals surface area contributed by atoms with Crippen LogP contribution in [0.25, 0.3) is 0 Å². The fourth-order valence-electron chi connectivity index (χ4n) is 2.80. The summed E-state index contributed by atoms with van der Waals surface area (Å²) in [7, 11) is 0. The molecule has 0 aromatic heterocycles. The SMILES string of the molecule is CCNC(=NCC1(C)CCCO1)NCCCNC(=O)c1cccc(O)c1.I. The van der Waals surface area contributed by atoms with Crippen LogP contribution < -0.4 is 16.0 Å². The van der Waals surface area contributed by atoms with Crippen molar-refractivity contribution in [2.75, 3.05) is 32.8 Å². The van der Waals surface area contributed by atoms with Crippen molar-refractivity contribution in [2.24, 2.45) is 4.99 Å². The van der Waals surface area contributed by atoms with Crippen LogP contribution in [0.5, 0.6) is 5.75 Å². The van der Waals surface area contributed by atoms with Crippen molar-refractivity contribution < 1.29 is 14.6 Å². The van der Waals surface area contributed by atoms with Crippen molar-refractivity contribution in [2.45, 2.75) is 38.7 Å². The Morgan fingerprint density at radius 1 is 1.30 bits per heavy atom. The molecule has 1 atom stereocenters. The normalized spacial score (nSPS) is 19.3. The van der Waals surface area contributed by atoms with Crippen molar-refractivity contribution in [3.63, 3.8) is 0 Å². The van der Waals surface area contributed by atoms with E-state index in [2.05, 4.69) is 27.9 Å². The zero-order valence-corrected chi connectivity index (χ0v) is 18.4. The van der Waals surface area contributed by atoms with Gasteiger partial charge in [0, 0.05) is 31.8 Å². The molecule has 4 N–H and O–H groups in total. The highest BCUT2D eigenvalue weighted by Crippen LogP contribution is 2.24. The molecule has 27 heavy (non-hydrogen) atoms.